The second-order valence-corrected chi connectivity index (χ2v) is 8.06. The van der Waals surface area contributed by atoms with Gasteiger partial charge in [-0.05, 0) is 46.1 Å². The van der Waals surface area contributed by atoms with Crippen molar-refractivity contribution in [2.24, 2.45) is 5.92 Å². The smallest absolute Gasteiger partial charge is 0.225 e. The van der Waals surface area contributed by atoms with E-state index < -0.39 is 0 Å². The van der Waals surface area contributed by atoms with Gasteiger partial charge in [-0.25, -0.2) is 0 Å². The fraction of sp³-hybridized carbons (Fsp3) is 0.895. The third-order valence-corrected chi connectivity index (χ3v) is 6.29. The average molecular weight is 335 g/mol. The van der Waals surface area contributed by atoms with Crippen LogP contribution in [0.5, 0.6) is 0 Å². The first-order valence-electron chi connectivity index (χ1n) is 9.89. The molecular weight excluding hydrogens is 302 g/mol. The lowest BCUT2D eigenvalue weighted by Gasteiger charge is -2.38. The highest BCUT2D eigenvalue weighted by molar-refractivity contribution is 5.89. The minimum atomic E-state index is -0.149. The maximum atomic E-state index is 12.5. The summed E-state index contributed by atoms with van der Waals surface area (Å²) < 4.78 is 0. The van der Waals surface area contributed by atoms with Crippen LogP contribution in [0.3, 0.4) is 0 Å². The molecular formula is C19H33N3O2. The van der Waals surface area contributed by atoms with Gasteiger partial charge in [-0.2, -0.15) is 0 Å². The zero-order valence-electron chi connectivity index (χ0n) is 15.3. The second kappa shape index (κ2) is 7.85. The van der Waals surface area contributed by atoms with Gasteiger partial charge in [0.25, 0.3) is 0 Å². The van der Waals surface area contributed by atoms with Crippen LogP contribution in [0.15, 0.2) is 0 Å². The van der Waals surface area contributed by atoms with Gasteiger partial charge in [-0.15, -0.1) is 0 Å². The highest BCUT2D eigenvalue weighted by Crippen LogP contribution is 2.29. The molecule has 3 rings (SSSR count). The van der Waals surface area contributed by atoms with Crippen LogP contribution >= 0.6 is 0 Å². The van der Waals surface area contributed by atoms with E-state index in [-0.39, 0.29) is 17.7 Å². The van der Waals surface area contributed by atoms with Crippen molar-refractivity contribution in [2.45, 2.75) is 83.3 Å². The summed E-state index contributed by atoms with van der Waals surface area (Å²) in [5.41, 5.74) is 0. The Morgan fingerprint density at radius 3 is 2.62 bits per heavy atom. The lowest BCUT2D eigenvalue weighted by Crippen LogP contribution is -2.49. The molecule has 136 valence electrons. The molecule has 5 heteroatoms. The summed E-state index contributed by atoms with van der Waals surface area (Å²) in [6, 6.07) is 1.37. The predicted octanol–water partition coefficient (Wildman–Crippen LogP) is 2.16. The number of hydrogen-bond acceptors (Lipinski definition) is 3. The number of hydrogen-bond donors (Lipinski definition) is 1. The maximum Gasteiger partial charge on any atom is 0.225 e. The Hall–Kier alpha value is -1.10. The van der Waals surface area contributed by atoms with Gasteiger partial charge in [0.15, 0.2) is 0 Å². The van der Waals surface area contributed by atoms with Crippen molar-refractivity contribution < 1.29 is 9.59 Å². The van der Waals surface area contributed by atoms with E-state index in [2.05, 4.69) is 24.1 Å². The Bertz CT molecular complexity index is 462. The van der Waals surface area contributed by atoms with Gasteiger partial charge < -0.3 is 10.2 Å². The van der Waals surface area contributed by atoms with E-state index in [4.69, 9.17) is 0 Å². The van der Waals surface area contributed by atoms with E-state index in [0.29, 0.717) is 37.6 Å². The minimum absolute atomic E-state index is 0.0698. The molecule has 2 amide bonds. The topological polar surface area (TPSA) is 52.7 Å². The van der Waals surface area contributed by atoms with Crippen LogP contribution < -0.4 is 5.32 Å². The molecule has 0 aromatic heterocycles. The van der Waals surface area contributed by atoms with E-state index in [9.17, 15) is 9.59 Å². The number of piperidine rings is 1. The molecule has 1 N–H and O–H groups in total. The van der Waals surface area contributed by atoms with Gasteiger partial charge in [0.1, 0.15) is 0 Å². The van der Waals surface area contributed by atoms with Crippen molar-refractivity contribution in [2.75, 3.05) is 19.6 Å². The van der Waals surface area contributed by atoms with Crippen LogP contribution in [0.25, 0.3) is 0 Å². The summed E-state index contributed by atoms with van der Waals surface area (Å²) >= 11 is 0. The minimum Gasteiger partial charge on any atom is -0.354 e. The number of nitrogens with one attached hydrogen (secondary N) is 1. The summed E-state index contributed by atoms with van der Waals surface area (Å²) in [5, 5.41) is 3.11. The van der Waals surface area contributed by atoms with Gasteiger partial charge in [-0.3, -0.25) is 14.5 Å². The molecule has 0 radical (unpaired) electrons. The predicted molar refractivity (Wildman–Crippen MR) is 94.6 cm³/mol. The van der Waals surface area contributed by atoms with Crippen LogP contribution in [-0.2, 0) is 9.59 Å². The Morgan fingerprint density at radius 1 is 1.21 bits per heavy atom. The standard InChI is InChI=1S/C19H33N3O2/c1-14-7-5-6-10-21(14)15(2)12-20-19(24)16-11-18(23)22(13-16)17-8-3-4-9-17/h14-17H,3-13H2,1-2H3,(H,20,24)/t14-,15+,16+/m1/s1. The Labute approximate surface area is 146 Å². The molecule has 24 heavy (non-hydrogen) atoms. The summed E-state index contributed by atoms with van der Waals surface area (Å²) in [5.74, 6) is 0.101. The molecule has 3 atom stereocenters. The number of carbonyl (C=O) groups is 2. The first-order chi connectivity index (χ1) is 11.6. The fourth-order valence-electron chi connectivity index (χ4n) is 4.76. The molecule has 5 nitrogen and oxygen atoms in total. The first kappa shape index (κ1) is 17.7. The van der Waals surface area contributed by atoms with Crippen molar-refractivity contribution in [1.29, 1.82) is 0 Å². The van der Waals surface area contributed by atoms with Crippen LogP contribution in [0.2, 0.25) is 0 Å². The normalized spacial score (nSPS) is 30.8. The summed E-state index contributed by atoms with van der Waals surface area (Å²) in [6.07, 6.45) is 8.90. The summed E-state index contributed by atoms with van der Waals surface area (Å²) in [6.45, 7) is 6.94. The van der Waals surface area contributed by atoms with Crippen molar-refractivity contribution in [3.63, 3.8) is 0 Å². The zero-order valence-corrected chi connectivity index (χ0v) is 15.3. The Kier molecular flexibility index (Phi) is 5.80. The third-order valence-electron chi connectivity index (χ3n) is 6.29. The summed E-state index contributed by atoms with van der Waals surface area (Å²) in [7, 11) is 0. The van der Waals surface area contributed by atoms with Crippen LogP contribution in [0, 0.1) is 5.92 Å². The molecule has 0 unspecified atom stereocenters. The third kappa shape index (κ3) is 3.93. The number of carbonyl (C=O) groups excluding carboxylic acids is 2. The highest BCUT2D eigenvalue weighted by atomic mass is 16.2. The molecule has 1 aliphatic carbocycles. The van der Waals surface area contributed by atoms with E-state index >= 15 is 0 Å². The molecule has 2 saturated heterocycles. The monoisotopic (exact) mass is 335 g/mol. The Balaban J connectivity index is 1.46. The Morgan fingerprint density at radius 2 is 1.92 bits per heavy atom. The molecule has 0 aromatic rings. The largest absolute Gasteiger partial charge is 0.354 e. The fourth-order valence-corrected chi connectivity index (χ4v) is 4.76. The van der Waals surface area contributed by atoms with Gasteiger partial charge in [0.2, 0.25) is 11.8 Å². The van der Waals surface area contributed by atoms with E-state index in [1.807, 2.05) is 4.90 Å². The molecule has 0 aromatic carbocycles. The lowest BCUT2D eigenvalue weighted by atomic mass is 10.0. The molecule has 3 aliphatic rings. The molecule has 2 heterocycles. The number of likely N-dealkylation sites (tertiary alicyclic amines) is 2. The van der Waals surface area contributed by atoms with Gasteiger partial charge in [-0.1, -0.05) is 19.3 Å². The summed E-state index contributed by atoms with van der Waals surface area (Å²) in [4.78, 5) is 29.2. The van der Waals surface area contributed by atoms with Gasteiger partial charge in [0.05, 0.1) is 5.92 Å². The molecule has 2 aliphatic heterocycles. The van der Waals surface area contributed by atoms with Crippen molar-refractivity contribution in [3.05, 3.63) is 0 Å². The van der Waals surface area contributed by atoms with Crippen molar-refractivity contribution in [3.8, 4) is 0 Å². The zero-order chi connectivity index (χ0) is 17.1. The quantitative estimate of drug-likeness (QED) is 0.838. The van der Waals surface area contributed by atoms with E-state index in [0.717, 1.165) is 19.4 Å². The van der Waals surface area contributed by atoms with Crippen molar-refractivity contribution >= 4 is 11.8 Å². The average Bonchev–Trinajstić information content (AvgIpc) is 3.22. The maximum absolute atomic E-state index is 12.5. The molecule has 0 spiro atoms. The van der Waals surface area contributed by atoms with Gasteiger partial charge >= 0.3 is 0 Å². The van der Waals surface area contributed by atoms with Crippen LogP contribution in [0.4, 0.5) is 0 Å². The molecule has 0 bridgehead atoms. The second-order valence-electron chi connectivity index (χ2n) is 8.06. The number of nitrogens with zero attached hydrogens (tertiary/aromatic N) is 2. The first-order valence-corrected chi connectivity index (χ1v) is 9.89. The number of rotatable bonds is 5. The van der Waals surface area contributed by atoms with Gasteiger partial charge in [0, 0.05) is 37.6 Å². The molecule has 1 saturated carbocycles. The lowest BCUT2D eigenvalue weighted by molar-refractivity contribution is -0.130. The SMILES string of the molecule is C[C@@H]1CCCCN1[C@@H](C)CNC(=O)[C@H]1CC(=O)N(C2CCCC2)C1. The van der Waals surface area contributed by atoms with E-state index in [1.54, 1.807) is 0 Å². The number of amides is 2. The van der Waals surface area contributed by atoms with E-state index in [1.165, 1.54) is 32.1 Å². The molecule has 3 fully saturated rings. The van der Waals surface area contributed by atoms with Crippen LogP contribution in [0.1, 0.15) is 65.2 Å². The highest BCUT2D eigenvalue weighted by Gasteiger charge is 2.38. The van der Waals surface area contributed by atoms with Crippen molar-refractivity contribution in [1.82, 2.24) is 15.1 Å². The van der Waals surface area contributed by atoms with Crippen LogP contribution in [-0.4, -0.2) is 59.4 Å².